The van der Waals surface area contributed by atoms with Crippen molar-refractivity contribution in [3.8, 4) is 5.69 Å². The smallest absolute Gasteiger partial charge is 0.350 e. The molecule has 1 amide bonds. The lowest BCUT2D eigenvalue weighted by Crippen LogP contribution is -2.41. The van der Waals surface area contributed by atoms with Crippen LogP contribution in [-0.2, 0) is 13.2 Å². The minimum atomic E-state index is -0.786. The third kappa shape index (κ3) is 3.74. The van der Waals surface area contributed by atoms with Gasteiger partial charge in [0.25, 0.3) is 5.91 Å². The van der Waals surface area contributed by atoms with E-state index in [0.717, 1.165) is 27.6 Å². The predicted molar refractivity (Wildman–Crippen MR) is 127 cm³/mol. The summed E-state index contributed by atoms with van der Waals surface area (Å²) < 4.78 is 17.5. The van der Waals surface area contributed by atoms with Crippen LogP contribution in [0.5, 0.6) is 0 Å². The summed E-state index contributed by atoms with van der Waals surface area (Å²) in [7, 11) is 0. The quantitative estimate of drug-likeness (QED) is 0.439. The zero-order chi connectivity index (χ0) is 24.9. The number of aryl methyl sites for hydroxylation is 2. The summed E-state index contributed by atoms with van der Waals surface area (Å²) in [6, 6.07) is 4.42. The summed E-state index contributed by atoms with van der Waals surface area (Å²) in [4.78, 5) is 32.1. The fraction of sp³-hybridized carbons (Fsp3) is 0.333. The van der Waals surface area contributed by atoms with Crippen molar-refractivity contribution in [3.63, 3.8) is 0 Å². The van der Waals surface area contributed by atoms with Crippen LogP contribution in [-0.4, -0.2) is 36.9 Å². The number of rotatable bonds is 5. The Bertz CT molecular complexity index is 1370. The van der Waals surface area contributed by atoms with Crippen molar-refractivity contribution in [2.75, 3.05) is 11.4 Å². The summed E-state index contributed by atoms with van der Waals surface area (Å²) >= 11 is 6.42. The molecule has 178 valence electrons. The van der Waals surface area contributed by atoms with Gasteiger partial charge in [0.2, 0.25) is 0 Å². The van der Waals surface area contributed by atoms with Crippen LogP contribution in [0.15, 0.2) is 35.1 Å². The average molecular weight is 486 g/mol. The van der Waals surface area contributed by atoms with E-state index in [0.29, 0.717) is 11.3 Å². The maximum absolute atomic E-state index is 15.3. The molecule has 1 aromatic carbocycles. The predicted octanol–water partition coefficient (Wildman–Crippen LogP) is 3.67. The number of hydrogen-bond acceptors (Lipinski definition) is 5. The Balaban J connectivity index is 1.91. The van der Waals surface area contributed by atoms with Gasteiger partial charge in [0, 0.05) is 30.3 Å². The molecule has 0 saturated carbocycles. The molecular weight excluding hydrogens is 461 g/mol. The normalized spacial score (nSPS) is 15.6. The Morgan fingerprint density at radius 3 is 2.56 bits per heavy atom. The lowest BCUT2D eigenvalue weighted by atomic mass is 9.84. The fourth-order valence-electron chi connectivity index (χ4n) is 4.47. The number of amides is 1. The number of fused-ring (bicyclic) bond motifs is 1. The second-order valence-corrected chi connectivity index (χ2v) is 8.80. The highest BCUT2D eigenvalue weighted by atomic mass is 35.5. The second kappa shape index (κ2) is 8.81. The monoisotopic (exact) mass is 485 g/mol. The third-order valence-corrected chi connectivity index (χ3v) is 6.36. The lowest BCUT2D eigenvalue weighted by molar-refractivity contribution is 0.0977. The van der Waals surface area contributed by atoms with E-state index < -0.39 is 24.0 Å². The summed E-state index contributed by atoms with van der Waals surface area (Å²) in [5.74, 6) is -1.42. The number of halogens is 2. The molecule has 34 heavy (non-hydrogen) atoms. The molecule has 0 saturated heterocycles. The van der Waals surface area contributed by atoms with Crippen LogP contribution >= 0.6 is 11.6 Å². The minimum Gasteiger partial charge on any atom is -0.388 e. The summed E-state index contributed by atoms with van der Waals surface area (Å²) in [5.41, 5.74) is 2.77. The fourth-order valence-corrected chi connectivity index (χ4v) is 4.86. The number of benzene rings is 1. The van der Waals surface area contributed by atoms with Crippen LogP contribution in [0.1, 0.15) is 52.8 Å². The first kappa shape index (κ1) is 23.8. The van der Waals surface area contributed by atoms with Gasteiger partial charge >= 0.3 is 5.69 Å². The number of hydrogen-bond donors (Lipinski definition) is 1. The highest BCUT2D eigenvalue weighted by Gasteiger charge is 2.36. The molecule has 0 radical (unpaired) electrons. The lowest BCUT2D eigenvalue weighted by Gasteiger charge is -2.36. The molecule has 3 heterocycles. The number of anilines is 1. The van der Waals surface area contributed by atoms with E-state index in [2.05, 4.69) is 16.7 Å². The van der Waals surface area contributed by atoms with Gasteiger partial charge in [-0.15, -0.1) is 5.10 Å². The highest BCUT2D eigenvalue weighted by molar-refractivity contribution is 6.33. The summed E-state index contributed by atoms with van der Waals surface area (Å²) in [6.45, 7) is 11.3. The summed E-state index contributed by atoms with van der Waals surface area (Å²) in [6.07, 6.45) is 0. The number of pyridine rings is 1. The van der Waals surface area contributed by atoms with E-state index in [1.54, 1.807) is 6.92 Å². The van der Waals surface area contributed by atoms with Gasteiger partial charge in [-0.1, -0.05) is 23.8 Å². The minimum absolute atomic E-state index is 0.0932. The number of aliphatic hydroxyl groups excluding tert-OH is 1. The van der Waals surface area contributed by atoms with Crippen molar-refractivity contribution in [2.24, 2.45) is 0 Å². The molecule has 1 N–H and O–H groups in total. The van der Waals surface area contributed by atoms with Crippen LogP contribution in [0.4, 0.5) is 10.1 Å². The topological polar surface area (TPSA) is 93.2 Å². The van der Waals surface area contributed by atoms with Gasteiger partial charge in [-0.05, 0) is 57.0 Å². The Labute approximate surface area is 200 Å². The van der Waals surface area contributed by atoms with Crippen LogP contribution in [0.2, 0.25) is 5.15 Å². The van der Waals surface area contributed by atoms with E-state index in [9.17, 15) is 14.7 Å². The molecule has 3 aromatic rings. The van der Waals surface area contributed by atoms with E-state index >= 15 is 4.39 Å². The molecule has 4 rings (SSSR count). The second-order valence-electron chi connectivity index (χ2n) is 8.44. The molecule has 0 aliphatic carbocycles. The van der Waals surface area contributed by atoms with Gasteiger partial charge in [0.05, 0.1) is 5.69 Å². The van der Waals surface area contributed by atoms with E-state index in [4.69, 9.17) is 11.6 Å². The van der Waals surface area contributed by atoms with E-state index in [-0.39, 0.29) is 41.2 Å². The van der Waals surface area contributed by atoms with E-state index in [1.165, 1.54) is 15.5 Å². The van der Waals surface area contributed by atoms with Gasteiger partial charge in [-0.25, -0.2) is 14.2 Å². The van der Waals surface area contributed by atoms with Crippen LogP contribution in [0.25, 0.3) is 5.69 Å². The van der Waals surface area contributed by atoms with Crippen molar-refractivity contribution in [2.45, 2.75) is 46.8 Å². The molecule has 1 atom stereocenters. The Kier molecular flexibility index (Phi) is 6.18. The largest absolute Gasteiger partial charge is 0.388 e. The molecule has 0 fully saturated rings. The van der Waals surface area contributed by atoms with Crippen molar-refractivity contribution < 1.29 is 14.3 Å². The van der Waals surface area contributed by atoms with Crippen LogP contribution in [0.3, 0.4) is 0 Å². The number of carbonyl (C=O) groups is 1. The van der Waals surface area contributed by atoms with Crippen molar-refractivity contribution >= 4 is 23.2 Å². The van der Waals surface area contributed by atoms with Crippen LogP contribution < -0.4 is 10.6 Å². The van der Waals surface area contributed by atoms with Crippen LogP contribution in [0, 0.1) is 19.7 Å². The van der Waals surface area contributed by atoms with Gasteiger partial charge in [-0.3, -0.25) is 9.36 Å². The van der Waals surface area contributed by atoms with Crippen molar-refractivity contribution in [3.05, 3.63) is 80.0 Å². The van der Waals surface area contributed by atoms with Crippen molar-refractivity contribution in [1.29, 1.82) is 0 Å². The maximum Gasteiger partial charge on any atom is 0.350 e. The third-order valence-electron chi connectivity index (χ3n) is 6.09. The highest BCUT2D eigenvalue weighted by Crippen LogP contribution is 2.39. The number of aromatic nitrogens is 4. The first-order valence-electron chi connectivity index (χ1n) is 10.8. The van der Waals surface area contributed by atoms with Gasteiger partial charge in [-0.2, -0.15) is 4.68 Å². The zero-order valence-electron chi connectivity index (χ0n) is 19.4. The maximum atomic E-state index is 15.3. The first-order chi connectivity index (χ1) is 16.1. The zero-order valence-corrected chi connectivity index (χ0v) is 20.1. The molecular formula is C24H25ClFN5O3. The van der Waals surface area contributed by atoms with Gasteiger partial charge in [0.1, 0.15) is 18.1 Å². The molecule has 10 heteroatoms. The number of aliphatic hydroxyl groups is 1. The number of nitrogens with zero attached hydrogens (tertiary/aromatic N) is 5. The summed E-state index contributed by atoms with van der Waals surface area (Å²) in [5, 5.41) is 13.8. The molecule has 1 aliphatic rings. The average Bonchev–Trinajstić information content (AvgIpc) is 3.09. The SMILES string of the molecule is C=C(C)[C@H]1CN(c2c(C)cc(C)nc2Cl)C(=O)c2cc(F)c(-n3nc(CO)n(CC)c3=O)cc21. The molecule has 2 aromatic heterocycles. The van der Waals surface area contributed by atoms with Gasteiger partial charge < -0.3 is 10.0 Å². The first-order valence-corrected chi connectivity index (χ1v) is 11.2. The van der Waals surface area contributed by atoms with E-state index in [1.807, 2.05) is 26.8 Å². The molecule has 1 aliphatic heterocycles. The molecule has 8 nitrogen and oxygen atoms in total. The standard InChI is InChI=1S/C24H25ClFN5O3/c1-6-29-20(11-32)28-31(24(29)34)19-9-15-16(8-18(19)26)23(33)30(10-17(15)12(2)3)21-13(4)7-14(5)27-22(21)25/h7-9,17,32H,2,6,10-11H2,1,3-5H3/t17-/m1/s1. The Hall–Kier alpha value is -3.30. The Morgan fingerprint density at radius 2 is 2.00 bits per heavy atom. The Morgan fingerprint density at radius 1 is 1.29 bits per heavy atom. The van der Waals surface area contributed by atoms with Gasteiger partial charge in [0.15, 0.2) is 11.0 Å². The molecule has 0 spiro atoms. The van der Waals surface area contributed by atoms with Crippen molar-refractivity contribution in [1.82, 2.24) is 19.3 Å². The number of carbonyl (C=O) groups excluding carboxylic acids is 1. The molecule has 0 bridgehead atoms. The molecule has 0 unspecified atom stereocenters.